The molecule has 0 saturated carbocycles. The third-order valence-corrected chi connectivity index (χ3v) is 4.69. The Kier molecular flexibility index (Phi) is 10.4. The second-order valence-corrected chi connectivity index (χ2v) is 6.74. The van der Waals surface area contributed by atoms with Gasteiger partial charge in [0.1, 0.15) is 0 Å². The first-order valence-electron chi connectivity index (χ1n) is 9.04. The minimum absolute atomic E-state index is 0. The third kappa shape index (κ3) is 7.11. The number of nitrogens with one attached hydrogen (secondary N) is 2. The summed E-state index contributed by atoms with van der Waals surface area (Å²) in [6.45, 7) is 7.33. The number of likely N-dealkylation sites (N-methyl/N-ethyl adjacent to an activating group) is 1. The first-order chi connectivity index (χ1) is 11.6. The lowest BCUT2D eigenvalue weighted by Crippen LogP contribution is -2.44. The van der Waals surface area contributed by atoms with E-state index in [4.69, 9.17) is 0 Å². The summed E-state index contributed by atoms with van der Waals surface area (Å²) < 4.78 is 0. The van der Waals surface area contributed by atoms with Crippen LogP contribution in [0, 0.1) is 0 Å². The van der Waals surface area contributed by atoms with E-state index in [9.17, 15) is 0 Å². The number of halogens is 1. The molecule has 142 valence electrons. The van der Waals surface area contributed by atoms with Crippen molar-refractivity contribution in [3.8, 4) is 0 Å². The molecule has 0 amide bonds. The van der Waals surface area contributed by atoms with Crippen LogP contribution >= 0.6 is 24.0 Å². The molecule has 6 heteroatoms. The van der Waals surface area contributed by atoms with Gasteiger partial charge < -0.3 is 15.5 Å². The Morgan fingerprint density at radius 3 is 2.60 bits per heavy atom. The van der Waals surface area contributed by atoms with Gasteiger partial charge in [0, 0.05) is 32.7 Å². The summed E-state index contributed by atoms with van der Waals surface area (Å²) in [4.78, 5) is 9.12. The van der Waals surface area contributed by atoms with Crippen molar-refractivity contribution in [2.45, 2.75) is 38.9 Å². The molecule has 1 aliphatic rings. The average Bonchev–Trinajstić information content (AvgIpc) is 3.03. The number of hydrogen-bond donors (Lipinski definition) is 2. The summed E-state index contributed by atoms with van der Waals surface area (Å²) in [6.07, 6.45) is 2.59. The number of nitrogens with zero attached hydrogens (tertiary/aromatic N) is 3. The number of guanidine groups is 1. The van der Waals surface area contributed by atoms with E-state index in [0.29, 0.717) is 6.04 Å². The van der Waals surface area contributed by atoms with Gasteiger partial charge in [0.25, 0.3) is 0 Å². The van der Waals surface area contributed by atoms with Crippen LogP contribution in [-0.4, -0.2) is 62.6 Å². The second kappa shape index (κ2) is 11.7. The Morgan fingerprint density at radius 1 is 1.24 bits per heavy atom. The van der Waals surface area contributed by atoms with Crippen molar-refractivity contribution in [1.29, 1.82) is 0 Å². The van der Waals surface area contributed by atoms with Gasteiger partial charge >= 0.3 is 0 Å². The fourth-order valence-electron chi connectivity index (χ4n) is 3.38. The summed E-state index contributed by atoms with van der Waals surface area (Å²) >= 11 is 0. The summed E-state index contributed by atoms with van der Waals surface area (Å²) in [5, 5.41) is 6.95. The van der Waals surface area contributed by atoms with Gasteiger partial charge in [-0.05, 0) is 51.2 Å². The SMILES string of the molecule is CCN1CCCC1CNC(=NC)NCc1ccccc1CN(C)C.I. The quantitative estimate of drug-likeness (QED) is 0.374. The first kappa shape index (κ1) is 22.2. The fraction of sp³-hybridized carbons (Fsp3) is 0.632. The van der Waals surface area contributed by atoms with Crippen molar-refractivity contribution in [1.82, 2.24) is 20.4 Å². The maximum absolute atomic E-state index is 4.37. The Balaban J connectivity index is 0.00000312. The van der Waals surface area contributed by atoms with Crippen LogP contribution in [0.4, 0.5) is 0 Å². The van der Waals surface area contributed by atoms with Crippen molar-refractivity contribution >= 4 is 29.9 Å². The van der Waals surface area contributed by atoms with Gasteiger partial charge in [-0.15, -0.1) is 24.0 Å². The minimum atomic E-state index is 0. The first-order valence-corrected chi connectivity index (χ1v) is 9.04. The molecule has 1 unspecified atom stereocenters. The normalized spacial score (nSPS) is 18.3. The minimum Gasteiger partial charge on any atom is -0.355 e. The van der Waals surface area contributed by atoms with Crippen molar-refractivity contribution in [2.24, 2.45) is 4.99 Å². The molecule has 2 rings (SSSR count). The van der Waals surface area contributed by atoms with E-state index in [0.717, 1.165) is 32.1 Å². The predicted octanol–water partition coefficient (Wildman–Crippen LogP) is 2.52. The van der Waals surface area contributed by atoms with Crippen LogP contribution in [0.5, 0.6) is 0 Å². The Hall–Kier alpha value is -0.860. The zero-order chi connectivity index (χ0) is 17.4. The second-order valence-electron chi connectivity index (χ2n) is 6.74. The Labute approximate surface area is 170 Å². The van der Waals surface area contributed by atoms with Crippen molar-refractivity contribution in [3.05, 3.63) is 35.4 Å². The predicted molar refractivity (Wildman–Crippen MR) is 118 cm³/mol. The third-order valence-electron chi connectivity index (χ3n) is 4.69. The number of likely N-dealkylation sites (tertiary alicyclic amines) is 1. The van der Waals surface area contributed by atoms with Crippen LogP contribution in [0.3, 0.4) is 0 Å². The molecule has 1 fully saturated rings. The lowest BCUT2D eigenvalue weighted by Gasteiger charge is -2.24. The zero-order valence-corrected chi connectivity index (χ0v) is 18.4. The maximum Gasteiger partial charge on any atom is 0.191 e. The standard InChI is InChI=1S/C19H33N5.HI/c1-5-24-12-8-11-18(24)14-22-19(20-2)21-13-16-9-6-7-10-17(16)15-23(3)4;/h6-7,9-10,18H,5,8,11-15H2,1-4H3,(H2,20,21,22);1H. The topological polar surface area (TPSA) is 42.9 Å². The van der Waals surface area contributed by atoms with E-state index in [1.165, 1.54) is 30.5 Å². The molecule has 0 aliphatic carbocycles. The van der Waals surface area contributed by atoms with Crippen molar-refractivity contribution in [3.63, 3.8) is 0 Å². The summed E-state index contributed by atoms with van der Waals surface area (Å²) in [7, 11) is 6.05. The molecule has 1 saturated heterocycles. The molecule has 0 bridgehead atoms. The number of benzene rings is 1. The molecule has 5 nitrogen and oxygen atoms in total. The van der Waals surface area contributed by atoms with E-state index < -0.39 is 0 Å². The van der Waals surface area contributed by atoms with E-state index in [1.807, 2.05) is 7.05 Å². The van der Waals surface area contributed by atoms with Gasteiger partial charge in [-0.25, -0.2) is 0 Å². The van der Waals surface area contributed by atoms with Crippen LogP contribution in [0.2, 0.25) is 0 Å². The molecule has 1 heterocycles. The lowest BCUT2D eigenvalue weighted by molar-refractivity contribution is 0.267. The van der Waals surface area contributed by atoms with Gasteiger partial charge in [0.2, 0.25) is 0 Å². The van der Waals surface area contributed by atoms with Crippen LogP contribution < -0.4 is 10.6 Å². The molecular weight excluding hydrogens is 425 g/mol. The van der Waals surface area contributed by atoms with E-state index in [2.05, 4.69) is 70.7 Å². The number of rotatable bonds is 7. The highest BCUT2D eigenvalue weighted by Gasteiger charge is 2.22. The van der Waals surface area contributed by atoms with E-state index >= 15 is 0 Å². The van der Waals surface area contributed by atoms with Crippen molar-refractivity contribution in [2.75, 3.05) is 40.8 Å². The summed E-state index contributed by atoms with van der Waals surface area (Å²) in [5.41, 5.74) is 2.68. The monoisotopic (exact) mass is 459 g/mol. The Bertz CT molecular complexity index is 532. The highest BCUT2D eigenvalue weighted by molar-refractivity contribution is 14.0. The molecular formula is C19H34IN5. The molecule has 2 N–H and O–H groups in total. The average molecular weight is 459 g/mol. The van der Waals surface area contributed by atoms with Crippen molar-refractivity contribution < 1.29 is 0 Å². The number of aliphatic imine (C=N–C) groups is 1. The molecule has 1 aromatic carbocycles. The number of hydrogen-bond acceptors (Lipinski definition) is 3. The highest BCUT2D eigenvalue weighted by atomic mass is 127. The smallest absolute Gasteiger partial charge is 0.191 e. The molecule has 25 heavy (non-hydrogen) atoms. The van der Waals surface area contributed by atoms with Gasteiger partial charge in [-0.3, -0.25) is 9.89 Å². The maximum atomic E-state index is 4.37. The summed E-state index contributed by atoms with van der Waals surface area (Å²) in [5.74, 6) is 0.887. The zero-order valence-electron chi connectivity index (χ0n) is 16.1. The van der Waals surface area contributed by atoms with Gasteiger partial charge in [-0.2, -0.15) is 0 Å². The van der Waals surface area contributed by atoms with Gasteiger partial charge in [-0.1, -0.05) is 31.2 Å². The largest absolute Gasteiger partial charge is 0.355 e. The van der Waals surface area contributed by atoms with Crippen LogP contribution in [-0.2, 0) is 13.1 Å². The van der Waals surface area contributed by atoms with E-state index in [1.54, 1.807) is 0 Å². The van der Waals surface area contributed by atoms with Crippen LogP contribution in [0.25, 0.3) is 0 Å². The molecule has 0 spiro atoms. The molecule has 1 atom stereocenters. The fourth-order valence-corrected chi connectivity index (χ4v) is 3.38. The summed E-state index contributed by atoms with van der Waals surface area (Å²) in [6, 6.07) is 9.23. The molecule has 1 aromatic rings. The van der Waals surface area contributed by atoms with Gasteiger partial charge in [0.15, 0.2) is 5.96 Å². The van der Waals surface area contributed by atoms with Crippen LogP contribution in [0.1, 0.15) is 30.9 Å². The molecule has 1 aliphatic heterocycles. The molecule has 0 aromatic heterocycles. The molecule has 0 radical (unpaired) electrons. The Morgan fingerprint density at radius 2 is 1.96 bits per heavy atom. The van der Waals surface area contributed by atoms with Crippen LogP contribution in [0.15, 0.2) is 29.3 Å². The highest BCUT2D eigenvalue weighted by Crippen LogP contribution is 2.15. The van der Waals surface area contributed by atoms with E-state index in [-0.39, 0.29) is 24.0 Å². The lowest BCUT2D eigenvalue weighted by atomic mass is 10.1. The van der Waals surface area contributed by atoms with Gasteiger partial charge in [0.05, 0.1) is 0 Å².